The maximum absolute atomic E-state index is 6.28. The van der Waals surface area contributed by atoms with Gasteiger partial charge in [-0.05, 0) is 32.6 Å². The van der Waals surface area contributed by atoms with Crippen molar-refractivity contribution in [3.63, 3.8) is 0 Å². The van der Waals surface area contributed by atoms with Gasteiger partial charge in [0.25, 0.3) is 0 Å². The normalized spacial score (nSPS) is 23.0. The van der Waals surface area contributed by atoms with Gasteiger partial charge >= 0.3 is 8.56 Å². The molecule has 0 aliphatic heterocycles. The lowest BCUT2D eigenvalue weighted by molar-refractivity contribution is 0.163. The van der Waals surface area contributed by atoms with Gasteiger partial charge in [0.15, 0.2) is 0 Å². The maximum Gasteiger partial charge on any atom is 0.345 e. The van der Waals surface area contributed by atoms with Crippen LogP contribution in [0.1, 0.15) is 65.2 Å². The van der Waals surface area contributed by atoms with Crippen LogP contribution in [0.4, 0.5) is 0 Å². The SMILES string of the molecule is CCO[Si]([CH]C1CCC1)(OCC)C1CCCCC1. The van der Waals surface area contributed by atoms with Crippen molar-refractivity contribution < 1.29 is 8.85 Å². The van der Waals surface area contributed by atoms with E-state index in [9.17, 15) is 0 Å². The summed E-state index contributed by atoms with van der Waals surface area (Å²) in [6.45, 7) is 5.87. The number of hydrogen-bond donors (Lipinski definition) is 0. The lowest BCUT2D eigenvalue weighted by Gasteiger charge is -2.42. The predicted molar refractivity (Wildman–Crippen MR) is 77.5 cm³/mol. The molecule has 2 nitrogen and oxygen atoms in total. The Balaban J connectivity index is 2.05. The zero-order chi connectivity index (χ0) is 12.8. The van der Waals surface area contributed by atoms with Crippen molar-refractivity contribution in [2.24, 2.45) is 5.92 Å². The minimum Gasteiger partial charge on any atom is -0.394 e. The molecule has 0 aromatic rings. The molecule has 2 aliphatic rings. The first-order valence-electron chi connectivity index (χ1n) is 7.94. The zero-order valence-corrected chi connectivity index (χ0v) is 13.1. The zero-order valence-electron chi connectivity index (χ0n) is 12.1. The number of hydrogen-bond acceptors (Lipinski definition) is 2. The molecule has 0 unspecified atom stereocenters. The average Bonchev–Trinajstić information content (AvgIpc) is 2.35. The Bertz CT molecular complexity index is 229. The van der Waals surface area contributed by atoms with Crippen LogP contribution < -0.4 is 0 Å². The third-order valence-electron chi connectivity index (χ3n) is 4.53. The van der Waals surface area contributed by atoms with Gasteiger partial charge in [0.05, 0.1) is 0 Å². The molecule has 0 spiro atoms. The first-order valence-corrected chi connectivity index (χ1v) is 9.91. The molecule has 0 N–H and O–H groups in total. The van der Waals surface area contributed by atoms with E-state index < -0.39 is 8.56 Å². The first-order chi connectivity index (χ1) is 8.80. The molecule has 0 aromatic heterocycles. The van der Waals surface area contributed by atoms with Crippen LogP contribution in [0.3, 0.4) is 0 Å². The lowest BCUT2D eigenvalue weighted by Crippen LogP contribution is -2.51. The smallest absolute Gasteiger partial charge is 0.345 e. The Hall–Kier alpha value is 0.137. The summed E-state index contributed by atoms with van der Waals surface area (Å²) in [5.41, 5.74) is 0.715. The molecule has 0 saturated heterocycles. The highest BCUT2D eigenvalue weighted by molar-refractivity contribution is 6.72. The predicted octanol–water partition coefficient (Wildman–Crippen LogP) is 4.38. The van der Waals surface area contributed by atoms with Crippen LogP contribution in [0.15, 0.2) is 0 Å². The Labute approximate surface area is 114 Å². The molecule has 2 saturated carbocycles. The summed E-state index contributed by atoms with van der Waals surface area (Å²) in [7, 11) is -2.05. The van der Waals surface area contributed by atoms with E-state index in [0.717, 1.165) is 19.1 Å². The van der Waals surface area contributed by atoms with Gasteiger partial charge in [-0.15, -0.1) is 0 Å². The minimum absolute atomic E-state index is 0.715. The maximum atomic E-state index is 6.28. The third-order valence-corrected chi connectivity index (χ3v) is 8.66. The standard InChI is InChI=1S/C15H29O2Si/c1-3-16-18(17-4-2,13-14-9-8-10-14)15-11-6-5-7-12-15/h13-15H,3-12H2,1-2H3. The van der Waals surface area contributed by atoms with Crippen LogP contribution in [0.2, 0.25) is 5.54 Å². The van der Waals surface area contributed by atoms with Crippen molar-refractivity contribution in [3.8, 4) is 0 Å². The minimum atomic E-state index is -2.05. The highest BCUT2D eigenvalue weighted by atomic mass is 28.4. The van der Waals surface area contributed by atoms with Crippen LogP contribution >= 0.6 is 0 Å². The second-order valence-electron chi connectivity index (χ2n) is 5.78. The van der Waals surface area contributed by atoms with E-state index in [1.807, 2.05) is 0 Å². The Kier molecular flexibility index (Phi) is 5.71. The van der Waals surface area contributed by atoms with Gasteiger partial charge < -0.3 is 8.85 Å². The van der Waals surface area contributed by atoms with Crippen molar-refractivity contribution >= 4 is 8.56 Å². The fourth-order valence-corrected chi connectivity index (χ4v) is 7.53. The molecule has 0 heterocycles. The van der Waals surface area contributed by atoms with Crippen molar-refractivity contribution in [1.29, 1.82) is 0 Å². The largest absolute Gasteiger partial charge is 0.394 e. The summed E-state index contributed by atoms with van der Waals surface area (Å²) in [5.74, 6) is 0.789. The fourth-order valence-electron chi connectivity index (χ4n) is 3.40. The first kappa shape index (κ1) is 14.5. The van der Waals surface area contributed by atoms with E-state index in [4.69, 9.17) is 8.85 Å². The second kappa shape index (κ2) is 7.06. The van der Waals surface area contributed by atoms with Crippen LogP contribution in [-0.4, -0.2) is 21.8 Å². The van der Waals surface area contributed by atoms with Crippen molar-refractivity contribution in [2.75, 3.05) is 13.2 Å². The van der Waals surface area contributed by atoms with Gasteiger partial charge in [-0.25, -0.2) is 0 Å². The molecule has 3 heteroatoms. The van der Waals surface area contributed by atoms with Gasteiger partial charge in [0, 0.05) is 24.8 Å². The monoisotopic (exact) mass is 269 g/mol. The summed E-state index contributed by atoms with van der Waals surface area (Å²) in [6, 6.07) is 2.56. The quantitative estimate of drug-likeness (QED) is 0.639. The van der Waals surface area contributed by atoms with E-state index in [-0.39, 0.29) is 0 Å². The summed E-state index contributed by atoms with van der Waals surface area (Å²) >= 11 is 0. The van der Waals surface area contributed by atoms with Crippen molar-refractivity contribution in [2.45, 2.75) is 70.8 Å². The number of rotatable bonds is 7. The van der Waals surface area contributed by atoms with Gasteiger partial charge in [0.1, 0.15) is 0 Å². The molecule has 2 aliphatic carbocycles. The highest BCUT2D eigenvalue weighted by Crippen LogP contribution is 2.43. The van der Waals surface area contributed by atoms with Crippen LogP contribution in [-0.2, 0) is 8.85 Å². The molecule has 0 bridgehead atoms. The summed E-state index contributed by atoms with van der Waals surface area (Å²) in [6.07, 6.45) is 10.9. The molecular weight excluding hydrogens is 240 g/mol. The summed E-state index contributed by atoms with van der Waals surface area (Å²) < 4.78 is 12.6. The molecule has 1 radical (unpaired) electrons. The van der Waals surface area contributed by atoms with Crippen LogP contribution in [0, 0.1) is 12.0 Å². The molecule has 0 aromatic carbocycles. The van der Waals surface area contributed by atoms with Crippen LogP contribution in [0.25, 0.3) is 0 Å². The molecule has 18 heavy (non-hydrogen) atoms. The van der Waals surface area contributed by atoms with Gasteiger partial charge in [-0.3, -0.25) is 0 Å². The Morgan fingerprint density at radius 3 is 1.94 bits per heavy atom. The van der Waals surface area contributed by atoms with Gasteiger partial charge in [-0.2, -0.15) is 0 Å². The average molecular weight is 269 g/mol. The second-order valence-corrected chi connectivity index (χ2v) is 8.95. The summed E-state index contributed by atoms with van der Waals surface area (Å²) in [5, 5.41) is 0. The van der Waals surface area contributed by atoms with Crippen molar-refractivity contribution in [3.05, 3.63) is 6.04 Å². The molecule has 2 fully saturated rings. The van der Waals surface area contributed by atoms with Gasteiger partial charge in [-0.1, -0.05) is 38.5 Å². The Morgan fingerprint density at radius 2 is 1.50 bits per heavy atom. The molecule has 0 amide bonds. The van der Waals surface area contributed by atoms with E-state index in [2.05, 4.69) is 19.9 Å². The Morgan fingerprint density at radius 1 is 0.889 bits per heavy atom. The van der Waals surface area contributed by atoms with E-state index in [1.165, 1.54) is 51.4 Å². The topological polar surface area (TPSA) is 18.5 Å². The van der Waals surface area contributed by atoms with E-state index >= 15 is 0 Å². The van der Waals surface area contributed by atoms with Crippen molar-refractivity contribution in [1.82, 2.24) is 0 Å². The lowest BCUT2D eigenvalue weighted by atomic mass is 9.87. The fraction of sp³-hybridized carbons (Fsp3) is 0.933. The highest BCUT2D eigenvalue weighted by Gasteiger charge is 2.48. The van der Waals surface area contributed by atoms with E-state index in [0.29, 0.717) is 5.54 Å². The van der Waals surface area contributed by atoms with Gasteiger partial charge in [0.2, 0.25) is 0 Å². The molecule has 0 atom stereocenters. The van der Waals surface area contributed by atoms with E-state index in [1.54, 1.807) is 0 Å². The third kappa shape index (κ3) is 3.37. The molecular formula is C15H29O2Si. The molecule has 105 valence electrons. The van der Waals surface area contributed by atoms with Crippen LogP contribution in [0.5, 0.6) is 0 Å². The summed E-state index contributed by atoms with van der Waals surface area (Å²) in [4.78, 5) is 0. The molecule has 2 rings (SSSR count).